The minimum Gasteiger partial charge on any atom is -0.344 e. The molecule has 1 heterocycles. The Morgan fingerprint density at radius 1 is 1.28 bits per heavy atom. The van der Waals surface area contributed by atoms with E-state index in [9.17, 15) is 4.79 Å². The number of halogens is 1. The van der Waals surface area contributed by atoms with E-state index in [0.29, 0.717) is 5.56 Å². The number of aromatic nitrogens is 1. The molecule has 0 N–H and O–H groups in total. The molecule has 92 valence electrons. The summed E-state index contributed by atoms with van der Waals surface area (Å²) in [5.74, 6) is 0.0699. The molecule has 0 unspecified atom stereocenters. The van der Waals surface area contributed by atoms with E-state index < -0.39 is 0 Å². The van der Waals surface area contributed by atoms with Gasteiger partial charge >= 0.3 is 0 Å². The Bertz CT molecular complexity index is 554. The second-order valence-electron chi connectivity index (χ2n) is 3.93. The number of hydrogen-bond acceptors (Lipinski definition) is 1. The number of aryl methyl sites for hydroxylation is 1. The molecule has 0 aliphatic heterocycles. The summed E-state index contributed by atoms with van der Waals surface area (Å²) >= 11 is 2.31. The van der Waals surface area contributed by atoms with E-state index in [2.05, 4.69) is 29.2 Å². The molecule has 2 nitrogen and oxygen atoms in total. The molecule has 0 atom stereocenters. The topological polar surface area (TPSA) is 22.0 Å². The maximum absolute atomic E-state index is 12.4. The standard InChI is InChI=1S/C15H14INO/c1-2-12-5-7-13(8-6-12)15(18)14-4-3-10-17(14)11-9-16/h2-8,10H,1,9,11H2. The minimum atomic E-state index is 0.0699. The lowest BCUT2D eigenvalue weighted by atomic mass is 10.1. The monoisotopic (exact) mass is 351 g/mol. The normalized spacial score (nSPS) is 10.3. The summed E-state index contributed by atoms with van der Waals surface area (Å²) in [7, 11) is 0. The lowest BCUT2D eigenvalue weighted by Gasteiger charge is -2.06. The van der Waals surface area contributed by atoms with Crippen LogP contribution in [0, 0.1) is 0 Å². The van der Waals surface area contributed by atoms with Crippen molar-refractivity contribution in [2.24, 2.45) is 0 Å². The summed E-state index contributed by atoms with van der Waals surface area (Å²) in [4.78, 5) is 12.4. The number of nitrogens with zero attached hydrogens (tertiary/aromatic N) is 1. The summed E-state index contributed by atoms with van der Waals surface area (Å²) < 4.78 is 2.98. The van der Waals surface area contributed by atoms with E-state index in [0.717, 1.165) is 22.2 Å². The zero-order chi connectivity index (χ0) is 13.0. The molecule has 0 saturated heterocycles. The van der Waals surface area contributed by atoms with Crippen molar-refractivity contribution in [1.29, 1.82) is 0 Å². The number of carbonyl (C=O) groups excluding carboxylic acids is 1. The fraction of sp³-hybridized carbons (Fsp3) is 0.133. The summed E-state index contributed by atoms with van der Waals surface area (Å²) in [5, 5.41) is 0. The molecule has 2 aromatic rings. The second-order valence-corrected chi connectivity index (χ2v) is 5.01. The third kappa shape index (κ3) is 2.72. The molecule has 0 bridgehead atoms. The first-order valence-corrected chi connectivity index (χ1v) is 7.27. The third-order valence-electron chi connectivity index (χ3n) is 2.80. The average Bonchev–Trinajstić information content (AvgIpc) is 2.87. The Labute approximate surface area is 120 Å². The van der Waals surface area contributed by atoms with Gasteiger partial charge in [-0.15, -0.1) is 0 Å². The first kappa shape index (κ1) is 13.1. The molecule has 0 amide bonds. The third-order valence-corrected chi connectivity index (χ3v) is 3.28. The van der Waals surface area contributed by atoms with Gasteiger partial charge in [0.15, 0.2) is 0 Å². The molecule has 0 fully saturated rings. The molecule has 0 radical (unpaired) electrons. The van der Waals surface area contributed by atoms with Crippen molar-refractivity contribution >= 4 is 34.5 Å². The van der Waals surface area contributed by atoms with Gasteiger partial charge in [-0.2, -0.15) is 0 Å². The van der Waals surface area contributed by atoms with Gasteiger partial charge in [0, 0.05) is 22.7 Å². The van der Waals surface area contributed by atoms with Crippen molar-refractivity contribution in [3.05, 3.63) is 66.0 Å². The molecule has 18 heavy (non-hydrogen) atoms. The molecule has 0 aliphatic rings. The fourth-order valence-electron chi connectivity index (χ4n) is 1.82. The van der Waals surface area contributed by atoms with Crippen molar-refractivity contribution in [2.45, 2.75) is 6.54 Å². The van der Waals surface area contributed by atoms with E-state index in [1.807, 2.05) is 47.2 Å². The van der Waals surface area contributed by atoms with Crippen LogP contribution in [-0.4, -0.2) is 14.8 Å². The maximum atomic E-state index is 12.4. The Kier molecular flexibility index (Phi) is 4.36. The van der Waals surface area contributed by atoms with Gasteiger partial charge in [-0.05, 0) is 17.7 Å². The molecular formula is C15H14INO. The first-order valence-electron chi connectivity index (χ1n) is 5.74. The van der Waals surface area contributed by atoms with Crippen LogP contribution in [0.1, 0.15) is 21.6 Å². The average molecular weight is 351 g/mol. The molecule has 0 saturated carbocycles. The van der Waals surface area contributed by atoms with E-state index in [4.69, 9.17) is 0 Å². The Morgan fingerprint density at radius 3 is 2.61 bits per heavy atom. The van der Waals surface area contributed by atoms with Crippen LogP contribution in [0.25, 0.3) is 6.08 Å². The quantitative estimate of drug-likeness (QED) is 0.456. The van der Waals surface area contributed by atoms with Gasteiger partial charge in [0.05, 0.1) is 5.69 Å². The van der Waals surface area contributed by atoms with Crippen molar-refractivity contribution in [2.75, 3.05) is 4.43 Å². The number of alkyl halides is 1. The highest BCUT2D eigenvalue weighted by molar-refractivity contribution is 14.1. The summed E-state index contributed by atoms with van der Waals surface area (Å²) in [5.41, 5.74) is 2.49. The second kappa shape index (κ2) is 6.00. The van der Waals surface area contributed by atoms with Crippen LogP contribution in [0.2, 0.25) is 0 Å². The summed E-state index contributed by atoms with van der Waals surface area (Å²) in [6.45, 7) is 4.56. The molecule has 0 spiro atoms. The highest BCUT2D eigenvalue weighted by Gasteiger charge is 2.12. The van der Waals surface area contributed by atoms with Crippen LogP contribution >= 0.6 is 22.6 Å². The van der Waals surface area contributed by atoms with Crippen LogP contribution in [0.3, 0.4) is 0 Å². The van der Waals surface area contributed by atoms with Crippen molar-refractivity contribution < 1.29 is 4.79 Å². The van der Waals surface area contributed by atoms with Gasteiger partial charge in [-0.25, -0.2) is 0 Å². The number of hydrogen-bond donors (Lipinski definition) is 0. The summed E-state index contributed by atoms with van der Waals surface area (Å²) in [6.07, 6.45) is 3.72. The van der Waals surface area contributed by atoms with Gasteiger partial charge in [-0.1, -0.05) is 59.5 Å². The summed E-state index contributed by atoms with van der Waals surface area (Å²) in [6, 6.07) is 11.3. The zero-order valence-electron chi connectivity index (χ0n) is 9.97. The number of rotatable bonds is 5. The van der Waals surface area contributed by atoms with Gasteiger partial charge in [0.25, 0.3) is 0 Å². The first-order chi connectivity index (χ1) is 8.76. The van der Waals surface area contributed by atoms with Crippen LogP contribution in [0.4, 0.5) is 0 Å². The zero-order valence-corrected chi connectivity index (χ0v) is 12.1. The minimum absolute atomic E-state index is 0.0699. The van der Waals surface area contributed by atoms with E-state index >= 15 is 0 Å². The predicted octanol–water partition coefficient (Wildman–Crippen LogP) is 3.80. The van der Waals surface area contributed by atoms with Crippen molar-refractivity contribution in [3.8, 4) is 0 Å². The SMILES string of the molecule is C=Cc1ccc(C(=O)c2cccn2CCI)cc1. The maximum Gasteiger partial charge on any atom is 0.209 e. The Morgan fingerprint density at radius 2 is 2.00 bits per heavy atom. The highest BCUT2D eigenvalue weighted by Crippen LogP contribution is 2.13. The van der Waals surface area contributed by atoms with Crippen LogP contribution in [0.15, 0.2) is 49.2 Å². The largest absolute Gasteiger partial charge is 0.344 e. The lowest BCUT2D eigenvalue weighted by molar-refractivity contribution is 0.103. The number of benzene rings is 1. The van der Waals surface area contributed by atoms with Gasteiger partial charge in [0.2, 0.25) is 5.78 Å². The fourth-order valence-corrected chi connectivity index (χ4v) is 2.34. The van der Waals surface area contributed by atoms with Crippen molar-refractivity contribution in [3.63, 3.8) is 0 Å². The molecule has 0 aliphatic carbocycles. The molecule has 3 heteroatoms. The predicted molar refractivity (Wildman–Crippen MR) is 83.3 cm³/mol. The van der Waals surface area contributed by atoms with Gasteiger partial charge in [0.1, 0.15) is 0 Å². The van der Waals surface area contributed by atoms with E-state index in [1.54, 1.807) is 6.08 Å². The molecular weight excluding hydrogens is 337 g/mol. The molecule has 1 aromatic carbocycles. The van der Waals surface area contributed by atoms with Crippen LogP contribution in [0.5, 0.6) is 0 Å². The van der Waals surface area contributed by atoms with Crippen LogP contribution in [-0.2, 0) is 6.54 Å². The smallest absolute Gasteiger partial charge is 0.209 e. The molecule has 2 rings (SSSR count). The lowest BCUT2D eigenvalue weighted by Crippen LogP contribution is -2.10. The number of carbonyl (C=O) groups is 1. The Hall–Kier alpha value is -1.36. The van der Waals surface area contributed by atoms with Gasteiger partial charge in [-0.3, -0.25) is 4.79 Å². The van der Waals surface area contributed by atoms with E-state index in [-0.39, 0.29) is 5.78 Å². The number of ketones is 1. The van der Waals surface area contributed by atoms with Gasteiger partial charge < -0.3 is 4.57 Å². The highest BCUT2D eigenvalue weighted by atomic mass is 127. The molecule has 1 aromatic heterocycles. The van der Waals surface area contributed by atoms with E-state index in [1.165, 1.54) is 0 Å². The van der Waals surface area contributed by atoms with Crippen LogP contribution < -0.4 is 0 Å². The van der Waals surface area contributed by atoms with Crippen molar-refractivity contribution in [1.82, 2.24) is 4.57 Å². The Balaban J connectivity index is 2.29.